The van der Waals surface area contributed by atoms with Crippen molar-refractivity contribution >= 4 is 17.2 Å². The lowest BCUT2D eigenvalue weighted by molar-refractivity contribution is 0.0950. The van der Waals surface area contributed by atoms with E-state index in [2.05, 4.69) is 10.3 Å². The molecule has 2 aromatic rings. The van der Waals surface area contributed by atoms with Gasteiger partial charge in [0.15, 0.2) is 11.5 Å². The predicted molar refractivity (Wildman–Crippen MR) is 82.0 cm³/mol. The van der Waals surface area contributed by atoms with Crippen LogP contribution in [0.2, 0.25) is 0 Å². The number of carbonyl (C=O) groups is 1. The average molecular weight is 320 g/mol. The molecule has 0 unspecified atom stereocenters. The van der Waals surface area contributed by atoms with E-state index in [-0.39, 0.29) is 12.7 Å². The molecule has 7 heteroatoms. The summed E-state index contributed by atoms with van der Waals surface area (Å²) in [6, 6.07) is 5.40. The van der Waals surface area contributed by atoms with Gasteiger partial charge in [-0.2, -0.15) is 0 Å². The smallest absolute Gasteiger partial charge is 0.263 e. The largest absolute Gasteiger partial charge is 0.492 e. The van der Waals surface area contributed by atoms with Crippen molar-refractivity contribution in [2.75, 3.05) is 19.9 Å². The molecule has 22 heavy (non-hydrogen) atoms. The van der Waals surface area contributed by atoms with E-state index >= 15 is 0 Å². The van der Waals surface area contributed by atoms with Crippen molar-refractivity contribution in [2.45, 2.75) is 13.8 Å². The van der Waals surface area contributed by atoms with Crippen LogP contribution in [0.15, 0.2) is 18.2 Å². The Morgan fingerprint density at radius 1 is 1.36 bits per heavy atom. The average Bonchev–Trinajstić information content (AvgIpc) is 3.08. The maximum absolute atomic E-state index is 12.0. The van der Waals surface area contributed by atoms with E-state index in [1.807, 2.05) is 19.9 Å². The minimum atomic E-state index is -0.114. The van der Waals surface area contributed by atoms with Crippen LogP contribution >= 0.6 is 11.3 Å². The van der Waals surface area contributed by atoms with Crippen molar-refractivity contribution in [2.24, 2.45) is 0 Å². The quantitative estimate of drug-likeness (QED) is 0.856. The molecule has 0 aliphatic carbocycles. The Morgan fingerprint density at radius 2 is 2.18 bits per heavy atom. The van der Waals surface area contributed by atoms with E-state index in [0.29, 0.717) is 29.5 Å². The molecule has 0 fully saturated rings. The molecular weight excluding hydrogens is 304 g/mol. The van der Waals surface area contributed by atoms with Gasteiger partial charge in [0, 0.05) is 6.07 Å². The van der Waals surface area contributed by atoms with Gasteiger partial charge in [-0.15, -0.1) is 11.3 Å². The number of rotatable bonds is 5. The van der Waals surface area contributed by atoms with E-state index in [1.54, 1.807) is 12.1 Å². The maximum atomic E-state index is 12.0. The molecule has 2 heterocycles. The fraction of sp³-hybridized carbons (Fsp3) is 0.333. The number of benzene rings is 1. The monoisotopic (exact) mass is 320 g/mol. The summed E-state index contributed by atoms with van der Waals surface area (Å²) in [6.07, 6.45) is 0. The highest BCUT2D eigenvalue weighted by atomic mass is 32.1. The van der Waals surface area contributed by atoms with E-state index in [0.717, 1.165) is 16.5 Å². The number of amides is 1. The maximum Gasteiger partial charge on any atom is 0.263 e. The molecule has 3 rings (SSSR count). The van der Waals surface area contributed by atoms with Crippen molar-refractivity contribution < 1.29 is 19.0 Å². The number of fused-ring (bicyclic) bond motifs is 1. The molecule has 0 saturated heterocycles. The van der Waals surface area contributed by atoms with Crippen molar-refractivity contribution in [3.63, 3.8) is 0 Å². The third kappa shape index (κ3) is 3.14. The lowest BCUT2D eigenvalue weighted by Gasteiger charge is -2.08. The molecule has 1 aromatic carbocycles. The standard InChI is InChI=1S/C15H16N2O4S/c1-9-14(22-10(2)17-9)15(18)16-5-6-19-11-3-4-12-13(7-11)21-8-20-12/h3-4,7H,5-6,8H2,1-2H3,(H,16,18). The van der Waals surface area contributed by atoms with Gasteiger partial charge in [-0.3, -0.25) is 4.79 Å². The van der Waals surface area contributed by atoms with Gasteiger partial charge in [0.1, 0.15) is 17.2 Å². The molecule has 0 radical (unpaired) electrons. The summed E-state index contributed by atoms with van der Waals surface area (Å²) in [4.78, 5) is 16.9. The Hall–Kier alpha value is -2.28. The topological polar surface area (TPSA) is 69.7 Å². The Labute approximate surface area is 132 Å². The minimum absolute atomic E-state index is 0.114. The van der Waals surface area contributed by atoms with E-state index < -0.39 is 0 Å². The summed E-state index contributed by atoms with van der Waals surface area (Å²) in [5.74, 6) is 1.97. The summed E-state index contributed by atoms with van der Waals surface area (Å²) in [7, 11) is 0. The third-order valence-corrected chi connectivity index (χ3v) is 4.18. The van der Waals surface area contributed by atoms with Gasteiger partial charge in [0.25, 0.3) is 5.91 Å². The summed E-state index contributed by atoms with van der Waals surface area (Å²) in [5.41, 5.74) is 0.761. The second-order valence-corrected chi connectivity index (χ2v) is 5.97. The predicted octanol–water partition coefficient (Wildman–Crippen LogP) is 2.30. The SMILES string of the molecule is Cc1nc(C)c(C(=O)NCCOc2ccc3c(c2)OCO3)s1. The number of nitrogens with zero attached hydrogens (tertiary/aromatic N) is 1. The number of hydrogen-bond acceptors (Lipinski definition) is 6. The molecule has 1 aromatic heterocycles. The first-order valence-electron chi connectivity index (χ1n) is 6.88. The van der Waals surface area contributed by atoms with Crippen molar-refractivity contribution in [3.05, 3.63) is 33.8 Å². The van der Waals surface area contributed by atoms with Crippen LogP contribution in [-0.4, -0.2) is 30.8 Å². The fourth-order valence-electron chi connectivity index (χ4n) is 2.12. The van der Waals surface area contributed by atoms with Gasteiger partial charge in [-0.25, -0.2) is 4.98 Å². The van der Waals surface area contributed by atoms with E-state index in [4.69, 9.17) is 14.2 Å². The lowest BCUT2D eigenvalue weighted by atomic mass is 10.3. The minimum Gasteiger partial charge on any atom is -0.492 e. The molecule has 0 atom stereocenters. The number of aryl methyl sites for hydroxylation is 2. The highest BCUT2D eigenvalue weighted by molar-refractivity contribution is 7.13. The molecule has 1 aliphatic rings. The first-order chi connectivity index (χ1) is 10.6. The molecule has 1 amide bonds. The van der Waals surface area contributed by atoms with Crippen LogP contribution in [0, 0.1) is 13.8 Å². The van der Waals surface area contributed by atoms with Crippen molar-refractivity contribution in [1.29, 1.82) is 0 Å². The molecule has 6 nitrogen and oxygen atoms in total. The Bertz CT molecular complexity index is 699. The van der Waals surface area contributed by atoms with Crippen LogP contribution in [0.4, 0.5) is 0 Å². The zero-order valence-corrected chi connectivity index (χ0v) is 13.2. The molecule has 116 valence electrons. The van der Waals surface area contributed by atoms with E-state index in [1.165, 1.54) is 11.3 Å². The van der Waals surface area contributed by atoms with Gasteiger partial charge in [-0.05, 0) is 26.0 Å². The lowest BCUT2D eigenvalue weighted by Crippen LogP contribution is -2.27. The van der Waals surface area contributed by atoms with Gasteiger partial charge in [0.05, 0.1) is 17.2 Å². The van der Waals surface area contributed by atoms with Crippen LogP contribution in [0.25, 0.3) is 0 Å². The molecule has 1 N–H and O–H groups in total. The first-order valence-corrected chi connectivity index (χ1v) is 7.70. The second kappa shape index (κ2) is 6.23. The summed E-state index contributed by atoms with van der Waals surface area (Å²) in [5, 5.41) is 3.71. The number of nitrogens with one attached hydrogen (secondary N) is 1. The number of thiazole rings is 1. The normalized spacial score (nSPS) is 12.3. The van der Waals surface area contributed by atoms with Crippen LogP contribution in [0.1, 0.15) is 20.4 Å². The Kier molecular flexibility index (Phi) is 4.15. The number of carbonyl (C=O) groups excluding carboxylic acids is 1. The van der Waals surface area contributed by atoms with Crippen LogP contribution in [-0.2, 0) is 0 Å². The molecule has 0 saturated carbocycles. The van der Waals surface area contributed by atoms with Gasteiger partial charge in [-0.1, -0.05) is 0 Å². The molecular formula is C15H16N2O4S. The Balaban J connectivity index is 1.47. The van der Waals surface area contributed by atoms with Gasteiger partial charge in [0.2, 0.25) is 6.79 Å². The summed E-state index contributed by atoms with van der Waals surface area (Å²) in [6.45, 7) is 4.76. The zero-order chi connectivity index (χ0) is 15.5. The zero-order valence-electron chi connectivity index (χ0n) is 12.3. The Morgan fingerprint density at radius 3 is 2.95 bits per heavy atom. The number of hydrogen-bond donors (Lipinski definition) is 1. The highest BCUT2D eigenvalue weighted by Gasteiger charge is 2.14. The van der Waals surface area contributed by atoms with Gasteiger partial charge >= 0.3 is 0 Å². The van der Waals surface area contributed by atoms with Crippen LogP contribution in [0.3, 0.4) is 0 Å². The van der Waals surface area contributed by atoms with Crippen LogP contribution < -0.4 is 19.5 Å². The van der Waals surface area contributed by atoms with Crippen molar-refractivity contribution in [1.82, 2.24) is 10.3 Å². The molecule has 0 bridgehead atoms. The fourth-order valence-corrected chi connectivity index (χ4v) is 2.96. The first kappa shape index (κ1) is 14.6. The second-order valence-electron chi connectivity index (χ2n) is 4.77. The summed E-state index contributed by atoms with van der Waals surface area (Å²) >= 11 is 1.40. The van der Waals surface area contributed by atoms with Crippen molar-refractivity contribution in [3.8, 4) is 17.2 Å². The molecule has 1 aliphatic heterocycles. The third-order valence-electron chi connectivity index (χ3n) is 3.11. The number of ether oxygens (including phenoxy) is 3. The molecule has 0 spiro atoms. The summed E-state index contributed by atoms with van der Waals surface area (Å²) < 4.78 is 16.1. The van der Waals surface area contributed by atoms with Gasteiger partial charge < -0.3 is 19.5 Å². The van der Waals surface area contributed by atoms with E-state index in [9.17, 15) is 4.79 Å². The highest BCUT2D eigenvalue weighted by Crippen LogP contribution is 2.34. The number of aromatic nitrogens is 1. The van der Waals surface area contributed by atoms with Crippen LogP contribution in [0.5, 0.6) is 17.2 Å².